The van der Waals surface area contributed by atoms with Crippen LogP contribution in [0.5, 0.6) is 0 Å². The minimum absolute atomic E-state index is 0.433. The summed E-state index contributed by atoms with van der Waals surface area (Å²) in [6, 6.07) is 10.9. The van der Waals surface area contributed by atoms with Gasteiger partial charge in [0.15, 0.2) is 0 Å². The molecule has 0 atom stereocenters. The van der Waals surface area contributed by atoms with Crippen LogP contribution in [0.4, 0.5) is 5.95 Å². The number of pyridine rings is 1. The van der Waals surface area contributed by atoms with Crippen LogP contribution in [-0.4, -0.2) is 31.5 Å². The van der Waals surface area contributed by atoms with Crippen molar-refractivity contribution >= 4 is 29.2 Å². The molecule has 154 valence electrons. The number of hydrogen-bond donors (Lipinski definition) is 2. The van der Waals surface area contributed by atoms with Crippen molar-refractivity contribution < 1.29 is 0 Å². The van der Waals surface area contributed by atoms with E-state index in [4.69, 9.17) is 28.2 Å². The largest absolute Gasteiger partial charge is 0.354 e. The highest BCUT2D eigenvalue weighted by Gasteiger charge is 2.17. The first-order chi connectivity index (χ1) is 15.0. The molecule has 1 aromatic carbocycles. The van der Waals surface area contributed by atoms with Crippen LogP contribution in [0.2, 0.25) is 10.0 Å². The third-order valence-electron chi connectivity index (χ3n) is 4.59. The number of nitrogens with zero attached hydrogens (tertiary/aromatic N) is 5. The summed E-state index contributed by atoms with van der Waals surface area (Å²) in [5, 5.41) is 13.4. The molecule has 0 saturated heterocycles. The van der Waals surface area contributed by atoms with E-state index in [1.54, 1.807) is 42.9 Å². The lowest BCUT2D eigenvalue weighted by Crippen LogP contribution is -2.10. The van der Waals surface area contributed by atoms with Crippen LogP contribution in [-0.2, 0) is 6.42 Å². The fourth-order valence-electron chi connectivity index (χ4n) is 3.11. The molecule has 7 nitrogen and oxygen atoms in total. The molecule has 4 aromatic rings. The average molecular weight is 450 g/mol. The Morgan fingerprint density at radius 3 is 2.71 bits per heavy atom. The molecule has 0 spiro atoms. The van der Waals surface area contributed by atoms with Gasteiger partial charge in [0.25, 0.3) is 0 Å². The van der Waals surface area contributed by atoms with E-state index in [2.05, 4.69) is 31.3 Å². The van der Waals surface area contributed by atoms with Gasteiger partial charge in [-0.1, -0.05) is 23.2 Å². The Morgan fingerprint density at radius 1 is 1.10 bits per heavy atom. The van der Waals surface area contributed by atoms with Crippen LogP contribution in [0.25, 0.3) is 22.6 Å². The number of hydrogen-bond acceptors (Lipinski definition) is 6. The second-order valence-corrected chi connectivity index (χ2v) is 7.62. The Balaban J connectivity index is 1.65. The number of anilines is 1. The molecule has 4 rings (SSSR count). The van der Waals surface area contributed by atoms with Crippen LogP contribution >= 0.6 is 23.2 Å². The highest BCUT2D eigenvalue weighted by atomic mass is 35.5. The molecular weight excluding hydrogens is 433 g/mol. The standard InChI is InChI=1S/C22H17Cl2N7/c1-13-11-28-21(30-13)17-12-29-22(27-8-6-19-14(10-25)3-2-7-26-19)31-20(17)16-5-4-15(23)9-18(16)24/h2-5,7,9,11-12H,6,8H2,1H3,(H,28,30)(H,27,29,31). The summed E-state index contributed by atoms with van der Waals surface area (Å²) in [6.07, 6.45) is 5.68. The van der Waals surface area contributed by atoms with Gasteiger partial charge in [-0.3, -0.25) is 4.98 Å². The highest BCUT2D eigenvalue weighted by molar-refractivity contribution is 6.36. The predicted octanol–water partition coefficient (Wildman–Crippen LogP) is 5.07. The van der Waals surface area contributed by atoms with E-state index >= 15 is 0 Å². The minimum Gasteiger partial charge on any atom is -0.354 e. The molecule has 0 unspecified atom stereocenters. The first-order valence-corrected chi connectivity index (χ1v) is 10.2. The summed E-state index contributed by atoms with van der Waals surface area (Å²) < 4.78 is 0. The molecule has 0 aliphatic rings. The van der Waals surface area contributed by atoms with E-state index in [9.17, 15) is 5.26 Å². The third kappa shape index (κ3) is 4.66. The number of benzene rings is 1. The minimum atomic E-state index is 0.433. The lowest BCUT2D eigenvalue weighted by atomic mass is 10.1. The topological polar surface area (TPSA) is 103 Å². The lowest BCUT2D eigenvalue weighted by molar-refractivity contribution is 0.936. The number of nitrogens with one attached hydrogen (secondary N) is 2. The average Bonchev–Trinajstić information content (AvgIpc) is 3.20. The van der Waals surface area contributed by atoms with E-state index in [1.807, 2.05) is 13.0 Å². The number of H-pyrrole nitrogens is 1. The number of nitriles is 1. The maximum absolute atomic E-state index is 9.22. The van der Waals surface area contributed by atoms with Gasteiger partial charge in [0.1, 0.15) is 11.9 Å². The summed E-state index contributed by atoms with van der Waals surface area (Å²) in [4.78, 5) is 21.0. The Kier molecular flexibility index (Phi) is 6.12. The normalized spacial score (nSPS) is 10.6. The van der Waals surface area contributed by atoms with E-state index < -0.39 is 0 Å². The van der Waals surface area contributed by atoms with Crippen molar-refractivity contribution in [2.45, 2.75) is 13.3 Å². The SMILES string of the molecule is Cc1cnc(-c2cnc(NCCc3ncccc3C#N)nc2-c2ccc(Cl)cc2Cl)[nH]1. The summed E-state index contributed by atoms with van der Waals surface area (Å²) in [6.45, 7) is 2.44. The van der Waals surface area contributed by atoms with Gasteiger partial charge in [0, 0.05) is 47.8 Å². The van der Waals surface area contributed by atoms with E-state index in [1.165, 1.54) is 0 Å². The Morgan fingerprint density at radius 2 is 1.97 bits per heavy atom. The third-order valence-corrected chi connectivity index (χ3v) is 5.14. The molecule has 0 amide bonds. The number of aromatic nitrogens is 5. The van der Waals surface area contributed by atoms with Crippen molar-refractivity contribution in [1.82, 2.24) is 24.9 Å². The lowest BCUT2D eigenvalue weighted by Gasteiger charge is -2.12. The van der Waals surface area contributed by atoms with Crippen molar-refractivity contribution in [1.29, 1.82) is 5.26 Å². The van der Waals surface area contributed by atoms with Gasteiger partial charge in [0.05, 0.1) is 27.5 Å². The molecule has 0 saturated carbocycles. The number of aryl methyl sites for hydroxylation is 1. The first-order valence-electron chi connectivity index (χ1n) is 9.47. The molecule has 3 aromatic heterocycles. The van der Waals surface area contributed by atoms with Crippen LogP contribution in [0.3, 0.4) is 0 Å². The monoisotopic (exact) mass is 449 g/mol. The fraction of sp³-hybridized carbons (Fsp3) is 0.136. The van der Waals surface area contributed by atoms with E-state index in [-0.39, 0.29) is 0 Å². The highest BCUT2D eigenvalue weighted by Crippen LogP contribution is 2.35. The van der Waals surface area contributed by atoms with Gasteiger partial charge in [0.2, 0.25) is 5.95 Å². The van der Waals surface area contributed by atoms with Gasteiger partial charge in [-0.15, -0.1) is 0 Å². The van der Waals surface area contributed by atoms with Gasteiger partial charge < -0.3 is 10.3 Å². The number of halogens is 2. The second kappa shape index (κ2) is 9.13. The molecule has 9 heteroatoms. The number of rotatable bonds is 6. The first kappa shape index (κ1) is 20.8. The number of imidazole rings is 1. The molecule has 3 heterocycles. The van der Waals surface area contributed by atoms with Gasteiger partial charge in [-0.2, -0.15) is 5.26 Å². The fourth-order valence-corrected chi connectivity index (χ4v) is 3.61. The zero-order valence-electron chi connectivity index (χ0n) is 16.5. The van der Waals surface area contributed by atoms with Crippen molar-refractivity contribution in [2.24, 2.45) is 0 Å². The van der Waals surface area contributed by atoms with E-state index in [0.29, 0.717) is 46.0 Å². The van der Waals surface area contributed by atoms with Crippen LogP contribution in [0.1, 0.15) is 17.0 Å². The Labute approximate surface area is 189 Å². The molecule has 2 N–H and O–H groups in total. The summed E-state index contributed by atoms with van der Waals surface area (Å²) in [7, 11) is 0. The molecule has 31 heavy (non-hydrogen) atoms. The van der Waals surface area contributed by atoms with Gasteiger partial charge in [-0.25, -0.2) is 15.0 Å². The molecule has 0 radical (unpaired) electrons. The molecule has 0 fully saturated rings. The second-order valence-electron chi connectivity index (χ2n) is 6.78. The smallest absolute Gasteiger partial charge is 0.223 e. The maximum atomic E-state index is 9.22. The van der Waals surface area contributed by atoms with E-state index in [0.717, 1.165) is 22.5 Å². The maximum Gasteiger partial charge on any atom is 0.223 e. The quantitative estimate of drug-likeness (QED) is 0.425. The van der Waals surface area contributed by atoms with Crippen molar-refractivity contribution in [3.05, 3.63) is 75.9 Å². The van der Waals surface area contributed by atoms with Crippen molar-refractivity contribution in [3.63, 3.8) is 0 Å². The van der Waals surface area contributed by atoms with Crippen LogP contribution < -0.4 is 5.32 Å². The molecule has 0 bridgehead atoms. The van der Waals surface area contributed by atoms with Gasteiger partial charge in [-0.05, 0) is 37.3 Å². The zero-order chi connectivity index (χ0) is 21.8. The van der Waals surface area contributed by atoms with Crippen LogP contribution in [0.15, 0.2) is 48.9 Å². The predicted molar refractivity (Wildman–Crippen MR) is 121 cm³/mol. The summed E-state index contributed by atoms with van der Waals surface area (Å²) >= 11 is 12.5. The zero-order valence-corrected chi connectivity index (χ0v) is 18.0. The van der Waals surface area contributed by atoms with Gasteiger partial charge >= 0.3 is 0 Å². The number of aromatic amines is 1. The molecular formula is C22H17Cl2N7. The molecule has 0 aliphatic heterocycles. The van der Waals surface area contributed by atoms with Crippen LogP contribution in [0, 0.1) is 18.3 Å². The Bertz CT molecular complexity index is 1280. The van der Waals surface area contributed by atoms with Crippen molar-refractivity contribution in [3.8, 4) is 28.7 Å². The molecule has 0 aliphatic carbocycles. The summed E-state index contributed by atoms with van der Waals surface area (Å²) in [5.74, 6) is 1.08. The summed E-state index contributed by atoms with van der Waals surface area (Å²) in [5.41, 5.74) is 4.28. The Hall–Kier alpha value is -3.47. The van der Waals surface area contributed by atoms with Crippen molar-refractivity contribution in [2.75, 3.05) is 11.9 Å².